The highest BCUT2D eigenvalue weighted by Crippen LogP contribution is 2.14. The quantitative estimate of drug-likeness (QED) is 0.710. The van der Waals surface area contributed by atoms with Gasteiger partial charge in [0.2, 0.25) is 5.91 Å². The number of carbonyl (C=O) groups excluding carboxylic acids is 1. The van der Waals surface area contributed by atoms with Crippen LogP contribution >= 0.6 is 0 Å². The van der Waals surface area contributed by atoms with Gasteiger partial charge in [0.25, 0.3) is 5.56 Å². The second kappa shape index (κ2) is 8.22. The van der Waals surface area contributed by atoms with Gasteiger partial charge in [-0.3, -0.25) is 9.59 Å². The molecule has 1 amide bonds. The monoisotopic (exact) mass is 349 g/mol. The molecule has 2 N–H and O–H groups in total. The third-order valence-corrected chi connectivity index (χ3v) is 3.95. The van der Waals surface area contributed by atoms with E-state index in [9.17, 15) is 14.7 Å². The van der Waals surface area contributed by atoms with Gasteiger partial charge in [0.1, 0.15) is 6.54 Å². The van der Waals surface area contributed by atoms with Gasteiger partial charge in [0.05, 0.1) is 18.3 Å². The molecule has 6 nitrogen and oxygen atoms in total. The summed E-state index contributed by atoms with van der Waals surface area (Å²) < 4.78 is 1.12. The summed E-state index contributed by atoms with van der Waals surface area (Å²) in [4.78, 5) is 24.4. The number of amides is 1. The summed E-state index contributed by atoms with van der Waals surface area (Å²) in [5.74, 6) is -0.396. The molecule has 0 aliphatic carbocycles. The number of aromatic nitrogens is 2. The normalized spacial score (nSPS) is 11.7. The molecule has 3 rings (SSSR count). The molecule has 0 bridgehead atoms. The summed E-state index contributed by atoms with van der Waals surface area (Å²) in [5.41, 5.74) is 1.90. The lowest BCUT2D eigenvalue weighted by Crippen LogP contribution is -2.36. The van der Waals surface area contributed by atoms with E-state index in [1.807, 2.05) is 60.7 Å². The number of carbonyl (C=O) groups is 1. The van der Waals surface area contributed by atoms with E-state index in [1.54, 1.807) is 6.07 Å². The van der Waals surface area contributed by atoms with Crippen molar-refractivity contribution in [2.24, 2.45) is 0 Å². The fraction of sp³-hybridized carbons (Fsp3) is 0.150. The molecule has 0 aliphatic rings. The van der Waals surface area contributed by atoms with Gasteiger partial charge in [-0.1, -0.05) is 60.7 Å². The van der Waals surface area contributed by atoms with Crippen LogP contribution in [0.15, 0.2) is 77.6 Å². The van der Waals surface area contributed by atoms with Crippen molar-refractivity contribution < 1.29 is 9.90 Å². The highest BCUT2D eigenvalue weighted by atomic mass is 16.3. The third-order valence-electron chi connectivity index (χ3n) is 3.95. The number of nitrogens with one attached hydrogen (secondary N) is 1. The zero-order chi connectivity index (χ0) is 18.4. The first-order valence-corrected chi connectivity index (χ1v) is 8.26. The van der Waals surface area contributed by atoms with Gasteiger partial charge < -0.3 is 10.4 Å². The van der Waals surface area contributed by atoms with Crippen LogP contribution in [0.3, 0.4) is 0 Å². The van der Waals surface area contributed by atoms with Crippen LogP contribution in [-0.4, -0.2) is 27.4 Å². The molecule has 0 saturated heterocycles. The summed E-state index contributed by atoms with van der Waals surface area (Å²) in [6.45, 7) is -0.453. The van der Waals surface area contributed by atoms with Crippen LogP contribution in [0.25, 0.3) is 11.3 Å². The average Bonchev–Trinajstić information content (AvgIpc) is 2.69. The molecule has 3 aromatic rings. The van der Waals surface area contributed by atoms with E-state index >= 15 is 0 Å². The van der Waals surface area contributed by atoms with E-state index in [-0.39, 0.29) is 18.7 Å². The lowest BCUT2D eigenvalue weighted by molar-refractivity contribution is -0.123. The molecule has 0 fully saturated rings. The minimum absolute atomic E-state index is 0.219. The van der Waals surface area contributed by atoms with E-state index in [0.717, 1.165) is 15.8 Å². The maximum atomic E-state index is 12.3. The number of nitrogens with zero attached hydrogens (tertiary/aromatic N) is 2. The van der Waals surface area contributed by atoms with Crippen molar-refractivity contribution in [3.63, 3.8) is 0 Å². The molecule has 6 heteroatoms. The minimum Gasteiger partial charge on any atom is -0.394 e. The fourth-order valence-electron chi connectivity index (χ4n) is 2.62. The second-order valence-electron chi connectivity index (χ2n) is 5.79. The van der Waals surface area contributed by atoms with Gasteiger partial charge in [0.15, 0.2) is 0 Å². The molecular formula is C20H19N3O3. The van der Waals surface area contributed by atoms with Crippen LogP contribution in [0, 0.1) is 0 Å². The van der Waals surface area contributed by atoms with Crippen LogP contribution in [0.4, 0.5) is 0 Å². The van der Waals surface area contributed by atoms with E-state index in [1.165, 1.54) is 6.07 Å². The van der Waals surface area contributed by atoms with E-state index in [0.29, 0.717) is 5.69 Å². The first-order chi connectivity index (χ1) is 12.7. The summed E-state index contributed by atoms with van der Waals surface area (Å²) in [5, 5.41) is 16.5. The Hall–Kier alpha value is -3.25. The van der Waals surface area contributed by atoms with Crippen molar-refractivity contribution in [2.45, 2.75) is 12.6 Å². The highest BCUT2D eigenvalue weighted by molar-refractivity contribution is 5.76. The highest BCUT2D eigenvalue weighted by Gasteiger charge is 2.15. The molecule has 0 radical (unpaired) electrons. The van der Waals surface area contributed by atoms with E-state index in [2.05, 4.69) is 10.4 Å². The number of rotatable bonds is 6. The van der Waals surface area contributed by atoms with Gasteiger partial charge in [-0.15, -0.1) is 0 Å². The molecule has 1 heterocycles. The summed E-state index contributed by atoms with van der Waals surface area (Å²) in [6, 6.07) is 21.1. The summed E-state index contributed by atoms with van der Waals surface area (Å²) in [7, 11) is 0. The van der Waals surface area contributed by atoms with Crippen molar-refractivity contribution in [3.05, 3.63) is 88.7 Å². The molecule has 26 heavy (non-hydrogen) atoms. The Morgan fingerprint density at radius 1 is 1.00 bits per heavy atom. The number of aliphatic hydroxyl groups is 1. The number of aliphatic hydroxyl groups excluding tert-OH is 1. The Bertz CT molecular complexity index is 924. The molecule has 132 valence electrons. The second-order valence-corrected chi connectivity index (χ2v) is 5.79. The van der Waals surface area contributed by atoms with Crippen molar-refractivity contribution in [1.29, 1.82) is 0 Å². The molecule has 0 saturated carbocycles. The van der Waals surface area contributed by atoms with Crippen molar-refractivity contribution in [2.75, 3.05) is 6.61 Å². The number of benzene rings is 2. The van der Waals surface area contributed by atoms with Crippen molar-refractivity contribution in [1.82, 2.24) is 15.1 Å². The lowest BCUT2D eigenvalue weighted by Gasteiger charge is -2.17. The largest absolute Gasteiger partial charge is 0.394 e. The first kappa shape index (κ1) is 17.6. The predicted molar refractivity (Wildman–Crippen MR) is 98.3 cm³/mol. The van der Waals surface area contributed by atoms with E-state index < -0.39 is 11.9 Å². The van der Waals surface area contributed by atoms with Crippen LogP contribution in [0.1, 0.15) is 11.6 Å². The topological polar surface area (TPSA) is 84.2 Å². The minimum atomic E-state index is -0.531. The SMILES string of the molecule is O=C(Cn1nc(-c2ccccc2)ccc1=O)NC(CO)c1ccccc1. The predicted octanol–water partition coefficient (Wildman–Crippen LogP) is 1.76. The molecule has 1 unspecified atom stereocenters. The fourth-order valence-corrected chi connectivity index (χ4v) is 2.62. The first-order valence-electron chi connectivity index (χ1n) is 8.26. The Balaban J connectivity index is 1.76. The Morgan fingerprint density at radius 2 is 1.65 bits per heavy atom. The molecule has 1 atom stereocenters. The van der Waals surface area contributed by atoms with E-state index in [4.69, 9.17) is 0 Å². The zero-order valence-electron chi connectivity index (χ0n) is 14.1. The maximum absolute atomic E-state index is 12.3. The van der Waals surface area contributed by atoms with Crippen molar-refractivity contribution in [3.8, 4) is 11.3 Å². The lowest BCUT2D eigenvalue weighted by atomic mass is 10.1. The van der Waals surface area contributed by atoms with Gasteiger partial charge >= 0.3 is 0 Å². The van der Waals surface area contributed by atoms with Crippen LogP contribution in [0.2, 0.25) is 0 Å². The molecule has 1 aromatic heterocycles. The van der Waals surface area contributed by atoms with Gasteiger partial charge in [-0.25, -0.2) is 4.68 Å². The van der Waals surface area contributed by atoms with Crippen LogP contribution in [0.5, 0.6) is 0 Å². The Kier molecular flexibility index (Phi) is 5.56. The third kappa shape index (κ3) is 4.23. The molecule has 0 spiro atoms. The summed E-state index contributed by atoms with van der Waals surface area (Å²) in [6.07, 6.45) is 0. The molecule has 2 aromatic carbocycles. The van der Waals surface area contributed by atoms with Crippen LogP contribution < -0.4 is 10.9 Å². The smallest absolute Gasteiger partial charge is 0.267 e. The van der Waals surface area contributed by atoms with Crippen molar-refractivity contribution >= 4 is 5.91 Å². The van der Waals surface area contributed by atoms with Gasteiger partial charge in [-0.05, 0) is 11.6 Å². The average molecular weight is 349 g/mol. The molecule has 0 aliphatic heterocycles. The zero-order valence-corrected chi connectivity index (χ0v) is 14.1. The summed E-state index contributed by atoms with van der Waals surface area (Å²) >= 11 is 0. The Labute approximate surface area is 150 Å². The molecular weight excluding hydrogens is 330 g/mol. The van der Waals surface area contributed by atoms with Gasteiger partial charge in [0, 0.05) is 11.6 Å². The number of hydrogen-bond acceptors (Lipinski definition) is 4. The number of hydrogen-bond donors (Lipinski definition) is 2. The van der Waals surface area contributed by atoms with Crippen LogP contribution in [-0.2, 0) is 11.3 Å². The maximum Gasteiger partial charge on any atom is 0.267 e. The Morgan fingerprint density at radius 3 is 2.31 bits per heavy atom. The van der Waals surface area contributed by atoms with Gasteiger partial charge in [-0.2, -0.15) is 5.10 Å². The standard InChI is InChI=1S/C20H19N3O3/c24-14-18(16-9-5-2-6-10-16)21-19(25)13-23-20(26)12-11-17(22-23)15-7-3-1-4-8-15/h1-12,18,24H,13-14H2,(H,21,25).